The second kappa shape index (κ2) is 7.45. The largest absolute Gasteiger partial charge is 0.405 e. The van der Waals surface area contributed by atoms with E-state index in [1.807, 2.05) is 23.5 Å². The van der Waals surface area contributed by atoms with Crippen LogP contribution in [0.15, 0.2) is 43.1 Å². The third-order valence-electron chi connectivity index (χ3n) is 4.67. The van der Waals surface area contributed by atoms with Gasteiger partial charge in [-0.15, -0.1) is 0 Å². The number of piperidine rings is 1. The van der Waals surface area contributed by atoms with E-state index < -0.39 is 24.2 Å². The Balaban J connectivity index is 1.70. The first-order chi connectivity index (χ1) is 12.4. The van der Waals surface area contributed by atoms with Crippen molar-refractivity contribution in [1.82, 2.24) is 24.8 Å². The number of likely N-dealkylation sites (tertiary alicyclic amines) is 1. The van der Waals surface area contributed by atoms with Gasteiger partial charge in [-0.3, -0.25) is 14.7 Å². The van der Waals surface area contributed by atoms with Crippen LogP contribution < -0.4 is 5.32 Å². The van der Waals surface area contributed by atoms with Gasteiger partial charge in [-0.25, -0.2) is 4.98 Å². The Bertz CT molecular complexity index is 710. The van der Waals surface area contributed by atoms with E-state index in [0.29, 0.717) is 32.5 Å². The Morgan fingerprint density at radius 2 is 2.00 bits per heavy atom. The Morgan fingerprint density at radius 3 is 2.58 bits per heavy atom. The Morgan fingerprint density at radius 1 is 1.23 bits per heavy atom. The summed E-state index contributed by atoms with van der Waals surface area (Å²) in [5, 5.41) is 2.04. The van der Waals surface area contributed by atoms with Crippen LogP contribution in [0.5, 0.6) is 0 Å². The van der Waals surface area contributed by atoms with Gasteiger partial charge in [-0.2, -0.15) is 13.2 Å². The average molecular weight is 367 g/mol. The highest BCUT2D eigenvalue weighted by Gasteiger charge is 2.44. The number of aromatic nitrogens is 3. The fraction of sp³-hybridized carbons (Fsp3) is 0.471. The number of nitrogens with one attached hydrogen (secondary N) is 1. The second-order valence-electron chi connectivity index (χ2n) is 6.40. The van der Waals surface area contributed by atoms with Crippen molar-refractivity contribution in [2.75, 3.05) is 19.6 Å². The summed E-state index contributed by atoms with van der Waals surface area (Å²) in [7, 11) is 0. The van der Waals surface area contributed by atoms with Crippen molar-refractivity contribution < 1.29 is 18.0 Å². The number of hydrogen-bond donors (Lipinski definition) is 1. The molecule has 140 valence electrons. The van der Waals surface area contributed by atoms with Crippen molar-refractivity contribution in [2.24, 2.45) is 0 Å². The molecule has 26 heavy (non-hydrogen) atoms. The van der Waals surface area contributed by atoms with E-state index in [1.54, 1.807) is 17.0 Å². The van der Waals surface area contributed by atoms with Gasteiger partial charge in [0.05, 0.1) is 12.0 Å². The van der Waals surface area contributed by atoms with Crippen LogP contribution in [0.1, 0.15) is 18.5 Å². The van der Waals surface area contributed by atoms with Crippen molar-refractivity contribution >= 4 is 5.91 Å². The molecule has 6 nitrogen and oxygen atoms in total. The molecular weight excluding hydrogens is 347 g/mol. The summed E-state index contributed by atoms with van der Waals surface area (Å²) in [6, 6.07) is 5.68. The number of carbonyl (C=O) groups is 1. The number of halogens is 3. The zero-order valence-electron chi connectivity index (χ0n) is 14.1. The molecule has 0 atom stereocenters. The highest BCUT2D eigenvalue weighted by molar-refractivity contribution is 5.84. The first-order valence-electron chi connectivity index (χ1n) is 8.35. The van der Waals surface area contributed by atoms with Gasteiger partial charge in [0.25, 0.3) is 0 Å². The van der Waals surface area contributed by atoms with Crippen LogP contribution in [0.25, 0.3) is 0 Å². The topological polar surface area (TPSA) is 63.1 Å². The monoisotopic (exact) mass is 367 g/mol. The van der Waals surface area contributed by atoms with Crippen LogP contribution in [0.3, 0.4) is 0 Å². The van der Waals surface area contributed by atoms with Crippen molar-refractivity contribution in [2.45, 2.75) is 31.1 Å². The van der Waals surface area contributed by atoms with Gasteiger partial charge < -0.3 is 9.88 Å². The van der Waals surface area contributed by atoms with E-state index in [2.05, 4.69) is 14.9 Å². The Labute approximate surface area is 149 Å². The van der Waals surface area contributed by atoms with E-state index in [0.717, 1.165) is 5.69 Å². The number of amides is 1. The minimum Gasteiger partial charge on any atom is -0.345 e. The van der Waals surface area contributed by atoms with Gasteiger partial charge in [-0.05, 0) is 25.0 Å². The maximum atomic E-state index is 12.6. The number of nitrogens with zero attached hydrogens (tertiary/aromatic N) is 4. The third kappa shape index (κ3) is 4.21. The van der Waals surface area contributed by atoms with Crippen molar-refractivity contribution in [3.8, 4) is 0 Å². The molecule has 9 heteroatoms. The van der Waals surface area contributed by atoms with Crippen molar-refractivity contribution in [1.29, 1.82) is 0 Å². The highest BCUT2D eigenvalue weighted by Crippen LogP contribution is 2.31. The molecule has 0 bridgehead atoms. The number of hydrogen-bond acceptors (Lipinski definition) is 4. The Hall–Kier alpha value is -2.42. The molecule has 2 aromatic rings. The molecule has 1 fully saturated rings. The molecule has 2 aromatic heterocycles. The lowest BCUT2D eigenvalue weighted by Crippen LogP contribution is -2.55. The molecule has 3 heterocycles. The lowest BCUT2D eigenvalue weighted by molar-refractivity contribution is -0.145. The van der Waals surface area contributed by atoms with E-state index in [-0.39, 0.29) is 0 Å². The molecule has 1 N–H and O–H groups in total. The van der Waals surface area contributed by atoms with Crippen molar-refractivity contribution in [3.63, 3.8) is 0 Å². The van der Waals surface area contributed by atoms with E-state index >= 15 is 0 Å². The third-order valence-corrected chi connectivity index (χ3v) is 4.67. The molecule has 1 saturated heterocycles. The summed E-state index contributed by atoms with van der Waals surface area (Å²) in [5.74, 6) is -0.620. The summed E-state index contributed by atoms with van der Waals surface area (Å²) in [6.07, 6.45) is 2.73. The summed E-state index contributed by atoms with van der Waals surface area (Å²) in [5.41, 5.74) is -0.133. The Kier molecular flexibility index (Phi) is 5.26. The number of imidazole rings is 1. The number of rotatable bonds is 5. The van der Waals surface area contributed by atoms with Crippen LogP contribution in [0.4, 0.5) is 13.2 Å². The van der Waals surface area contributed by atoms with Crippen LogP contribution in [0.2, 0.25) is 0 Å². The normalized spacial score (nSPS) is 17.8. The van der Waals surface area contributed by atoms with E-state index in [4.69, 9.17) is 0 Å². The molecule has 1 amide bonds. The molecular formula is C17H20F3N5O. The zero-order valence-corrected chi connectivity index (χ0v) is 14.1. The molecule has 0 radical (unpaired) electrons. The summed E-state index contributed by atoms with van der Waals surface area (Å²) in [6.45, 7) is 0.466. The summed E-state index contributed by atoms with van der Waals surface area (Å²) >= 11 is 0. The number of pyridine rings is 1. The highest BCUT2D eigenvalue weighted by atomic mass is 19.4. The van der Waals surface area contributed by atoms with Crippen LogP contribution in [-0.2, 0) is 16.9 Å². The molecule has 0 spiro atoms. The first-order valence-corrected chi connectivity index (χ1v) is 8.35. The van der Waals surface area contributed by atoms with Crippen LogP contribution in [-0.4, -0.2) is 51.2 Å². The summed E-state index contributed by atoms with van der Waals surface area (Å²) in [4.78, 5) is 23.0. The molecule has 0 aliphatic carbocycles. The average Bonchev–Trinajstić information content (AvgIpc) is 3.16. The molecule has 1 aliphatic heterocycles. The van der Waals surface area contributed by atoms with Gasteiger partial charge in [0, 0.05) is 38.2 Å². The SMILES string of the molecule is O=C(NCC(F)(F)F)C1(n2ccnc2)CCN(Cc2ccccn2)CC1. The van der Waals surface area contributed by atoms with E-state index in [1.165, 1.54) is 12.5 Å². The molecule has 3 rings (SSSR count). The standard InChI is InChI=1S/C17H20F3N5O/c18-17(19,20)12-23-15(26)16(25-10-7-21-13-25)4-8-24(9-5-16)11-14-3-1-2-6-22-14/h1-3,6-7,10,13H,4-5,8-9,11-12H2,(H,23,26). The number of carbonyl (C=O) groups excluding carboxylic acids is 1. The van der Waals surface area contributed by atoms with Gasteiger partial charge in [0.2, 0.25) is 5.91 Å². The first kappa shape index (κ1) is 18.4. The number of alkyl halides is 3. The predicted octanol–water partition coefficient (Wildman–Crippen LogP) is 1.95. The fourth-order valence-electron chi connectivity index (χ4n) is 3.26. The minimum atomic E-state index is -4.44. The minimum absolute atomic E-state index is 0.403. The fourth-order valence-corrected chi connectivity index (χ4v) is 3.26. The van der Waals surface area contributed by atoms with Crippen LogP contribution >= 0.6 is 0 Å². The lowest BCUT2D eigenvalue weighted by Gasteiger charge is -2.41. The van der Waals surface area contributed by atoms with Gasteiger partial charge >= 0.3 is 6.18 Å². The van der Waals surface area contributed by atoms with Gasteiger partial charge in [-0.1, -0.05) is 6.07 Å². The maximum absolute atomic E-state index is 12.6. The maximum Gasteiger partial charge on any atom is 0.405 e. The molecule has 0 saturated carbocycles. The quantitative estimate of drug-likeness (QED) is 0.878. The molecule has 0 unspecified atom stereocenters. The van der Waals surface area contributed by atoms with Crippen molar-refractivity contribution in [3.05, 3.63) is 48.8 Å². The predicted molar refractivity (Wildman–Crippen MR) is 88.0 cm³/mol. The van der Waals surface area contributed by atoms with Gasteiger partial charge in [0.15, 0.2) is 0 Å². The second-order valence-corrected chi connectivity index (χ2v) is 6.40. The van der Waals surface area contributed by atoms with Gasteiger partial charge in [0.1, 0.15) is 12.1 Å². The summed E-state index contributed by atoms with van der Waals surface area (Å²) < 4.78 is 39.1. The van der Waals surface area contributed by atoms with Crippen LogP contribution in [0, 0.1) is 0 Å². The molecule has 0 aromatic carbocycles. The zero-order chi connectivity index (χ0) is 18.6. The molecule has 1 aliphatic rings. The lowest BCUT2D eigenvalue weighted by atomic mass is 9.86. The smallest absolute Gasteiger partial charge is 0.345 e. The van der Waals surface area contributed by atoms with E-state index in [9.17, 15) is 18.0 Å².